The van der Waals surface area contributed by atoms with Crippen molar-refractivity contribution < 1.29 is 23.8 Å². The van der Waals surface area contributed by atoms with E-state index in [-0.39, 0.29) is 18.4 Å². The lowest BCUT2D eigenvalue weighted by molar-refractivity contribution is 0.0563. The summed E-state index contributed by atoms with van der Waals surface area (Å²) in [5, 5.41) is 12.1. The zero-order valence-electron chi connectivity index (χ0n) is 9.93. The van der Waals surface area contributed by atoms with Crippen molar-refractivity contribution in [2.24, 2.45) is 0 Å². The molecule has 0 saturated carbocycles. The lowest BCUT2D eigenvalue weighted by Gasteiger charge is -2.14. The van der Waals surface area contributed by atoms with Crippen molar-refractivity contribution in [3.63, 3.8) is 0 Å². The van der Waals surface area contributed by atoms with Gasteiger partial charge in [-0.15, -0.1) is 0 Å². The standard InChI is InChI=1S/C11H17NO5/c1-15-7-9(6-13)12-5-8-3-4-17-10(8)11(14)16-2/h3-4,9,12-13H,5-7H2,1-2H3. The molecule has 1 aromatic rings. The van der Waals surface area contributed by atoms with E-state index in [0.717, 1.165) is 0 Å². The topological polar surface area (TPSA) is 80.9 Å². The second-order valence-electron chi connectivity index (χ2n) is 3.48. The Morgan fingerprint density at radius 3 is 2.94 bits per heavy atom. The van der Waals surface area contributed by atoms with Crippen LogP contribution in [0.5, 0.6) is 0 Å². The molecule has 6 nitrogen and oxygen atoms in total. The fraction of sp³-hybridized carbons (Fsp3) is 0.545. The van der Waals surface area contributed by atoms with Crippen molar-refractivity contribution >= 4 is 5.97 Å². The third-order valence-electron chi connectivity index (χ3n) is 2.29. The summed E-state index contributed by atoms with van der Waals surface area (Å²) in [6.07, 6.45) is 1.42. The number of furan rings is 1. The number of carbonyl (C=O) groups is 1. The Hall–Kier alpha value is -1.37. The van der Waals surface area contributed by atoms with E-state index in [9.17, 15) is 4.79 Å². The first-order valence-electron chi connectivity index (χ1n) is 5.20. The molecule has 1 unspecified atom stereocenters. The van der Waals surface area contributed by atoms with Gasteiger partial charge in [0, 0.05) is 19.2 Å². The molecule has 0 aromatic carbocycles. The van der Waals surface area contributed by atoms with E-state index < -0.39 is 5.97 Å². The molecule has 0 radical (unpaired) electrons. The zero-order chi connectivity index (χ0) is 12.7. The van der Waals surface area contributed by atoms with Crippen molar-refractivity contribution in [2.75, 3.05) is 27.4 Å². The molecule has 1 rings (SSSR count). The van der Waals surface area contributed by atoms with E-state index in [1.807, 2.05) is 0 Å². The van der Waals surface area contributed by atoms with Crippen LogP contribution in [-0.2, 0) is 16.0 Å². The molecule has 96 valence electrons. The van der Waals surface area contributed by atoms with Gasteiger partial charge in [0.25, 0.3) is 0 Å². The summed E-state index contributed by atoms with van der Waals surface area (Å²) >= 11 is 0. The van der Waals surface area contributed by atoms with Crippen LogP contribution in [0.15, 0.2) is 16.7 Å². The van der Waals surface area contributed by atoms with Gasteiger partial charge in [-0.2, -0.15) is 0 Å². The van der Waals surface area contributed by atoms with Gasteiger partial charge in [-0.05, 0) is 6.07 Å². The van der Waals surface area contributed by atoms with Crippen LogP contribution in [0.3, 0.4) is 0 Å². The van der Waals surface area contributed by atoms with Gasteiger partial charge in [0.15, 0.2) is 0 Å². The van der Waals surface area contributed by atoms with E-state index in [0.29, 0.717) is 18.7 Å². The molecule has 0 aliphatic carbocycles. The average molecular weight is 243 g/mol. The van der Waals surface area contributed by atoms with E-state index in [4.69, 9.17) is 14.3 Å². The number of ether oxygens (including phenoxy) is 2. The zero-order valence-corrected chi connectivity index (χ0v) is 9.93. The molecule has 0 saturated heterocycles. The first-order chi connectivity index (χ1) is 8.22. The van der Waals surface area contributed by atoms with Gasteiger partial charge in [0.05, 0.1) is 32.6 Å². The highest BCUT2D eigenvalue weighted by molar-refractivity contribution is 5.87. The second kappa shape index (κ2) is 7.05. The Bertz CT molecular complexity index is 349. The van der Waals surface area contributed by atoms with E-state index in [1.165, 1.54) is 13.4 Å². The highest BCUT2D eigenvalue weighted by Gasteiger charge is 2.16. The summed E-state index contributed by atoms with van der Waals surface area (Å²) in [4.78, 5) is 11.3. The van der Waals surface area contributed by atoms with E-state index in [1.54, 1.807) is 13.2 Å². The monoisotopic (exact) mass is 243 g/mol. The van der Waals surface area contributed by atoms with Crippen molar-refractivity contribution in [2.45, 2.75) is 12.6 Å². The molecule has 1 atom stereocenters. The van der Waals surface area contributed by atoms with Gasteiger partial charge >= 0.3 is 5.97 Å². The molecule has 6 heteroatoms. The maximum Gasteiger partial charge on any atom is 0.374 e. The molecule has 0 bridgehead atoms. The van der Waals surface area contributed by atoms with Gasteiger partial charge in [0.1, 0.15) is 0 Å². The number of aliphatic hydroxyl groups is 1. The normalized spacial score (nSPS) is 12.4. The lowest BCUT2D eigenvalue weighted by Crippen LogP contribution is -2.36. The maximum atomic E-state index is 11.3. The van der Waals surface area contributed by atoms with Crippen molar-refractivity contribution in [1.82, 2.24) is 5.32 Å². The Morgan fingerprint density at radius 2 is 2.35 bits per heavy atom. The van der Waals surface area contributed by atoms with Gasteiger partial charge in [0.2, 0.25) is 5.76 Å². The van der Waals surface area contributed by atoms with Crippen LogP contribution in [0.4, 0.5) is 0 Å². The fourth-order valence-electron chi connectivity index (χ4n) is 1.38. The maximum absolute atomic E-state index is 11.3. The van der Waals surface area contributed by atoms with Gasteiger partial charge in [-0.1, -0.05) is 0 Å². The SMILES string of the molecule is COCC(CO)NCc1ccoc1C(=O)OC. The number of carbonyl (C=O) groups excluding carboxylic acids is 1. The molecule has 17 heavy (non-hydrogen) atoms. The Balaban J connectivity index is 2.56. The number of hydrogen-bond acceptors (Lipinski definition) is 6. The van der Waals surface area contributed by atoms with Crippen molar-refractivity contribution in [3.05, 3.63) is 23.7 Å². The van der Waals surface area contributed by atoms with Crippen molar-refractivity contribution in [1.29, 1.82) is 0 Å². The first kappa shape index (κ1) is 13.7. The lowest BCUT2D eigenvalue weighted by atomic mass is 10.2. The Kier molecular flexibility index (Phi) is 5.68. The molecule has 0 fully saturated rings. The molecule has 1 aromatic heterocycles. The number of nitrogens with one attached hydrogen (secondary N) is 1. The van der Waals surface area contributed by atoms with Crippen LogP contribution in [0.25, 0.3) is 0 Å². The van der Waals surface area contributed by atoms with Gasteiger partial charge in [-0.3, -0.25) is 0 Å². The summed E-state index contributed by atoms with van der Waals surface area (Å²) < 4.78 is 14.5. The smallest absolute Gasteiger partial charge is 0.374 e. The van der Waals surface area contributed by atoms with Crippen LogP contribution in [0, 0.1) is 0 Å². The first-order valence-corrected chi connectivity index (χ1v) is 5.20. The van der Waals surface area contributed by atoms with E-state index in [2.05, 4.69) is 10.1 Å². The molecule has 0 aliphatic rings. The summed E-state index contributed by atoms with van der Waals surface area (Å²) in [6, 6.07) is 1.50. The van der Waals surface area contributed by atoms with Crippen LogP contribution in [0.1, 0.15) is 16.1 Å². The quantitative estimate of drug-likeness (QED) is 0.664. The number of aliphatic hydroxyl groups excluding tert-OH is 1. The van der Waals surface area contributed by atoms with Crippen LogP contribution in [0.2, 0.25) is 0 Å². The molecule has 1 heterocycles. The minimum atomic E-state index is -0.515. The summed E-state index contributed by atoms with van der Waals surface area (Å²) in [5.74, 6) is -0.340. The number of esters is 1. The van der Waals surface area contributed by atoms with Crippen LogP contribution < -0.4 is 5.32 Å². The van der Waals surface area contributed by atoms with Gasteiger partial charge in [-0.25, -0.2) is 4.79 Å². The third kappa shape index (κ3) is 3.85. The molecule has 0 aliphatic heterocycles. The highest BCUT2D eigenvalue weighted by atomic mass is 16.5. The summed E-state index contributed by atoms with van der Waals surface area (Å²) in [7, 11) is 2.85. The molecule has 0 spiro atoms. The fourth-order valence-corrected chi connectivity index (χ4v) is 1.38. The minimum absolute atomic E-state index is 0.0424. The number of rotatable bonds is 7. The van der Waals surface area contributed by atoms with Crippen molar-refractivity contribution in [3.8, 4) is 0 Å². The molecular formula is C11H17NO5. The molecular weight excluding hydrogens is 226 g/mol. The largest absolute Gasteiger partial charge is 0.463 e. The average Bonchev–Trinajstić information content (AvgIpc) is 2.81. The molecule has 0 amide bonds. The third-order valence-corrected chi connectivity index (χ3v) is 2.29. The van der Waals surface area contributed by atoms with E-state index >= 15 is 0 Å². The summed E-state index contributed by atoms with van der Waals surface area (Å²) in [5.41, 5.74) is 0.686. The van der Waals surface area contributed by atoms with Gasteiger partial charge < -0.3 is 24.3 Å². The predicted molar refractivity (Wildman–Crippen MR) is 59.6 cm³/mol. The Morgan fingerprint density at radius 1 is 1.59 bits per heavy atom. The second-order valence-corrected chi connectivity index (χ2v) is 3.48. The Labute approximate surface area is 99.5 Å². The summed E-state index contributed by atoms with van der Waals surface area (Å²) in [6.45, 7) is 0.747. The van der Waals surface area contributed by atoms with Crippen LogP contribution >= 0.6 is 0 Å². The molecule has 2 N–H and O–H groups in total. The highest BCUT2D eigenvalue weighted by Crippen LogP contribution is 2.11. The van der Waals surface area contributed by atoms with Crippen LogP contribution in [-0.4, -0.2) is 44.6 Å². The number of hydrogen-bond donors (Lipinski definition) is 2. The predicted octanol–water partition coefficient (Wildman–Crippen LogP) is 0.163. The number of methoxy groups -OCH3 is 2. The minimum Gasteiger partial charge on any atom is -0.463 e.